The molecule has 0 radical (unpaired) electrons. The van der Waals surface area contributed by atoms with Crippen molar-refractivity contribution >= 4 is 5.91 Å². The van der Waals surface area contributed by atoms with E-state index in [2.05, 4.69) is 20.5 Å². The zero-order valence-electron chi connectivity index (χ0n) is 14.4. The van der Waals surface area contributed by atoms with Crippen LogP contribution >= 0.6 is 0 Å². The maximum absolute atomic E-state index is 12.8. The summed E-state index contributed by atoms with van der Waals surface area (Å²) >= 11 is 0. The van der Waals surface area contributed by atoms with E-state index in [4.69, 9.17) is 0 Å². The maximum Gasteiger partial charge on any atom is 0.255 e. The number of nitrogens with one attached hydrogen (secondary N) is 1. The molecule has 3 aromatic heterocycles. The molecule has 0 spiro atoms. The van der Waals surface area contributed by atoms with Gasteiger partial charge in [0.2, 0.25) is 0 Å². The lowest BCUT2D eigenvalue weighted by Gasteiger charge is -2.41. The normalized spacial score (nSPS) is 22.0. The zero-order valence-corrected chi connectivity index (χ0v) is 14.4. The molecule has 0 bridgehead atoms. The van der Waals surface area contributed by atoms with Gasteiger partial charge in [-0.05, 0) is 31.0 Å². The van der Waals surface area contributed by atoms with Gasteiger partial charge in [0.1, 0.15) is 0 Å². The van der Waals surface area contributed by atoms with E-state index in [1.807, 2.05) is 25.1 Å². The van der Waals surface area contributed by atoms with Gasteiger partial charge in [-0.15, -0.1) is 0 Å². The van der Waals surface area contributed by atoms with Crippen molar-refractivity contribution in [2.45, 2.75) is 38.0 Å². The lowest BCUT2D eigenvalue weighted by molar-refractivity contribution is -0.00589. The summed E-state index contributed by atoms with van der Waals surface area (Å²) in [5.74, 6) is 0.481. The van der Waals surface area contributed by atoms with Crippen molar-refractivity contribution in [1.29, 1.82) is 0 Å². The van der Waals surface area contributed by atoms with Crippen molar-refractivity contribution in [3.63, 3.8) is 0 Å². The van der Waals surface area contributed by atoms with Crippen LogP contribution in [0.4, 0.5) is 0 Å². The Morgan fingerprint density at radius 3 is 2.85 bits per heavy atom. The second kappa shape index (κ2) is 6.72. The quantitative estimate of drug-likeness (QED) is 0.717. The monoisotopic (exact) mass is 352 g/mol. The summed E-state index contributed by atoms with van der Waals surface area (Å²) in [4.78, 5) is 17.1. The largest absolute Gasteiger partial charge is 0.391 e. The second-order valence-electron chi connectivity index (χ2n) is 6.32. The van der Waals surface area contributed by atoms with Crippen LogP contribution < -0.4 is 5.32 Å². The molecule has 26 heavy (non-hydrogen) atoms. The van der Waals surface area contributed by atoms with E-state index in [0.29, 0.717) is 24.2 Å². The Bertz CT molecular complexity index is 890. The minimum absolute atomic E-state index is 0.166. The van der Waals surface area contributed by atoms with Crippen LogP contribution in [0.25, 0.3) is 5.82 Å². The Morgan fingerprint density at radius 1 is 1.31 bits per heavy atom. The molecule has 8 heteroatoms. The highest BCUT2D eigenvalue weighted by molar-refractivity contribution is 5.95. The van der Waals surface area contributed by atoms with E-state index in [0.717, 1.165) is 5.69 Å². The second-order valence-corrected chi connectivity index (χ2v) is 6.32. The molecule has 1 aliphatic carbocycles. The Kier molecular flexibility index (Phi) is 4.26. The van der Waals surface area contributed by atoms with Crippen LogP contribution in [-0.2, 0) is 6.42 Å². The summed E-state index contributed by atoms with van der Waals surface area (Å²) in [5.41, 5.74) is 1.33. The summed E-state index contributed by atoms with van der Waals surface area (Å²) in [7, 11) is 0. The van der Waals surface area contributed by atoms with Crippen molar-refractivity contribution in [3.05, 3.63) is 60.3 Å². The average molecular weight is 352 g/mol. The van der Waals surface area contributed by atoms with Gasteiger partial charge in [-0.3, -0.25) is 9.48 Å². The number of carbonyl (C=O) groups excluding carboxylic acids is 1. The fourth-order valence-corrected chi connectivity index (χ4v) is 3.40. The first kappa shape index (κ1) is 16.5. The van der Waals surface area contributed by atoms with E-state index in [1.54, 1.807) is 40.2 Å². The number of pyridine rings is 1. The first-order chi connectivity index (χ1) is 12.7. The van der Waals surface area contributed by atoms with E-state index < -0.39 is 6.10 Å². The third-order valence-electron chi connectivity index (χ3n) is 4.76. The van der Waals surface area contributed by atoms with Crippen LogP contribution in [0.3, 0.4) is 0 Å². The molecule has 2 N–H and O–H groups in total. The standard InChI is InChI=1S/C18H20N6O2/c1-2-14-12(11-21-24(14)16-6-3-4-7-19-16)18(26)22-13-10-15(25)17(13)23-9-5-8-20-23/h3-9,11,13,15,17,25H,2,10H2,1H3,(H,22,26)/t13-,15+,17+/m0/s1. The van der Waals surface area contributed by atoms with Crippen molar-refractivity contribution < 1.29 is 9.90 Å². The van der Waals surface area contributed by atoms with Gasteiger partial charge < -0.3 is 10.4 Å². The van der Waals surface area contributed by atoms with Crippen LogP contribution in [0, 0.1) is 0 Å². The van der Waals surface area contributed by atoms with E-state index in [1.165, 1.54) is 0 Å². The fourth-order valence-electron chi connectivity index (χ4n) is 3.40. The first-order valence-corrected chi connectivity index (χ1v) is 8.65. The highest BCUT2D eigenvalue weighted by Gasteiger charge is 2.43. The number of aliphatic hydroxyl groups is 1. The molecule has 8 nitrogen and oxygen atoms in total. The van der Waals surface area contributed by atoms with Gasteiger partial charge in [-0.1, -0.05) is 13.0 Å². The Morgan fingerprint density at radius 2 is 2.19 bits per heavy atom. The topological polar surface area (TPSA) is 97.9 Å². The number of nitrogens with zero attached hydrogens (tertiary/aromatic N) is 5. The smallest absolute Gasteiger partial charge is 0.255 e. The molecule has 3 aromatic rings. The van der Waals surface area contributed by atoms with E-state index in [-0.39, 0.29) is 18.0 Å². The lowest BCUT2D eigenvalue weighted by Crippen LogP contribution is -2.56. The SMILES string of the molecule is CCc1c(C(=O)N[C@H]2C[C@@H](O)[C@@H]2n2cccn2)cnn1-c1ccccn1. The molecule has 0 unspecified atom stereocenters. The predicted molar refractivity (Wildman–Crippen MR) is 93.9 cm³/mol. The minimum atomic E-state index is -0.512. The molecule has 3 heterocycles. The summed E-state index contributed by atoms with van der Waals surface area (Å²) in [6.07, 6.45) is 7.36. The lowest BCUT2D eigenvalue weighted by atomic mass is 9.83. The van der Waals surface area contributed by atoms with Crippen molar-refractivity contribution in [2.75, 3.05) is 0 Å². The Balaban J connectivity index is 1.55. The van der Waals surface area contributed by atoms with Gasteiger partial charge >= 0.3 is 0 Å². The van der Waals surface area contributed by atoms with Crippen molar-refractivity contribution in [1.82, 2.24) is 29.9 Å². The van der Waals surface area contributed by atoms with Gasteiger partial charge in [-0.25, -0.2) is 9.67 Å². The van der Waals surface area contributed by atoms with Gasteiger partial charge in [0.05, 0.1) is 35.6 Å². The highest BCUT2D eigenvalue weighted by atomic mass is 16.3. The Labute approximate surface area is 150 Å². The number of amides is 1. The minimum Gasteiger partial charge on any atom is -0.391 e. The number of hydrogen-bond donors (Lipinski definition) is 2. The molecule has 0 aromatic carbocycles. The summed E-state index contributed by atoms with van der Waals surface area (Å²) < 4.78 is 3.38. The van der Waals surface area contributed by atoms with Gasteiger partial charge in [0.15, 0.2) is 5.82 Å². The molecule has 1 amide bonds. The fraction of sp³-hybridized carbons (Fsp3) is 0.333. The highest BCUT2D eigenvalue weighted by Crippen LogP contribution is 2.32. The van der Waals surface area contributed by atoms with Crippen molar-refractivity contribution in [3.8, 4) is 5.82 Å². The van der Waals surface area contributed by atoms with Crippen LogP contribution in [0.2, 0.25) is 0 Å². The molecule has 1 aliphatic rings. The average Bonchev–Trinajstić information content (AvgIpc) is 3.31. The van der Waals surface area contributed by atoms with Crippen LogP contribution in [0.5, 0.6) is 0 Å². The molecule has 0 aliphatic heterocycles. The Hall–Kier alpha value is -3.00. The van der Waals surface area contributed by atoms with E-state index in [9.17, 15) is 9.90 Å². The first-order valence-electron chi connectivity index (χ1n) is 8.65. The molecule has 1 fully saturated rings. The van der Waals surface area contributed by atoms with E-state index >= 15 is 0 Å². The number of aromatic nitrogens is 5. The summed E-state index contributed by atoms with van der Waals surface area (Å²) in [6, 6.07) is 6.96. The van der Waals surface area contributed by atoms with Crippen LogP contribution in [-0.4, -0.2) is 47.7 Å². The summed E-state index contributed by atoms with van der Waals surface area (Å²) in [5, 5.41) is 21.6. The predicted octanol–water partition coefficient (Wildman–Crippen LogP) is 1.13. The molecule has 4 rings (SSSR count). The number of carbonyl (C=O) groups is 1. The molecular formula is C18H20N6O2. The molecular weight excluding hydrogens is 332 g/mol. The van der Waals surface area contributed by atoms with Gasteiger partial charge in [0, 0.05) is 18.6 Å². The third-order valence-corrected chi connectivity index (χ3v) is 4.76. The molecule has 1 saturated carbocycles. The molecule has 134 valence electrons. The summed E-state index contributed by atoms with van der Waals surface area (Å²) in [6.45, 7) is 1.98. The zero-order chi connectivity index (χ0) is 18.1. The van der Waals surface area contributed by atoms with Gasteiger partial charge in [0.25, 0.3) is 5.91 Å². The van der Waals surface area contributed by atoms with Gasteiger partial charge in [-0.2, -0.15) is 10.2 Å². The number of aliphatic hydroxyl groups excluding tert-OH is 1. The number of hydrogen-bond acceptors (Lipinski definition) is 5. The molecule has 3 atom stereocenters. The maximum atomic E-state index is 12.8. The van der Waals surface area contributed by atoms with Crippen LogP contribution in [0.1, 0.15) is 35.4 Å². The van der Waals surface area contributed by atoms with Crippen LogP contribution in [0.15, 0.2) is 49.1 Å². The number of rotatable bonds is 5. The third kappa shape index (κ3) is 2.78. The molecule has 0 saturated heterocycles. The van der Waals surface area contributed by atoms with Crippen molar-refractivity contribution in [2.24, 2.45) is 0 Å².